The molecule has 0 amide bonds. The molecule has 0 heterocycles. The summed E-state index contributed by atoms with van der Waals surface area (Å²) in [6.45, 7) is 0. The second-order valence-corrected chi connectivity index (χ2v) is 6.24. The highest BCUT2D eigenvalue weighted by Gasteiger charge is 2.07. The molecular formula is C8H4Cl4O2S. The van der Waals surface area contributed by atoms with Gasteiger partial charge in [-0.15, -0.1) is 0 Å². The zero-order valence-corrected chi connectivity index (χ0v) is 10.9. The van der Waals surface area contributed by atoms with Crippen LogP contribution in [0.25, 0.3) is 6.08 Å². The van der Waals surface area contributed by atoms with E-state index in [2.05, 4.69) is 0 Å². The number of halogens is 4. The van der Waals surface area contributed by atoms with Gasteiger partial charge < -0.3 is 0 Å². The molecule has 0 radical (unpaired) electrons. The van der Waals surface area contributed by atoms with Crippen LogP contribution in [0.2, 0.25) is 15.1 Å². The van der Waals surface area contributed by atoms with Gasteiger partial charge in [0.05, 0.1) is 10.0 Å². The van der Waals surface area contributed by atoms with Gasteiger partial charge in [0.2, 0.25) is 0 Å². The van der Waals surface area contributed by atoms with Crippen molar-refractivity contribution < 1.29 is 8.42 Å². The quantitative estimate of drug-likeness (QED) is 0.606. The van der Waals surface area contributed by atoms with Crippen LogP contribution in [0.4, 0.5) is 0 Å². The van der Waals surface area contributed by atoms with Gasteiger partial charge in [0.15, 0.2) is 0 Å². The summed E-state index contributed by atoms with van der Waals surface area (Å²) < 4.78 is 21.3. The zero-order chi connectivity index (χ0) is 11.6. The SMILES string of the molecule is O=S(=O)(Cl)C=Cc1c(Cl)ccc(Cl)c1Cl. The first kappa shape index (κ1) is 13.1. The Labute approximate surface area is 107 Å². The second-order valence-electron chi connectivity index (χ2n) is 2.54. The summed E-state index contributed by atoms with van der Waals surface area (Å²) in [4.78, 5) is 0. The fraction of sp³-hybridized carbons (Fsp3) is 0. The second kappa shape index (κ2) is 4.93. The number of hydrogen-bond donors (Lipinski definition) is 0. The molecule has 2 nitrogen and oxygen atoms in total. The largest absolute Gasteiger partial charge is 0.254 e. The Morgan fingerprint density at radius 2 is 1.60 bits per heavy atom. The fourth-order valence-corrected chi connectivity index (χ4v) is 1.96. The first-order valence-electron chi connectivity index (χ1n) is 3.57. The molecule has 0 bridgehead atoms. The standard InChI is InChI=1S/C8H4Cl4O2S/c9-6-1-2-7(10)8(11)5(6)3-4-15(12,13)14/h1-4H. The smallest absolute Gasteiger partial charge is 0.208 e. The molecule has 15 heavy (non-hydrogen) atoms. The molecule has 0 N–H and O–H groups in total. The summed E-state index contributed by atoms with van der Waals surface area (Å²) in [7, 11) is 1.26. The van der Waals surface area contributed by atoms with Crippen molar-refractivity contribution in [1.29, 1.82) is 0 Å². The summed E-state index contributed by atoms with van der Waals surface area (Å²) in [6.07, 6.45) is 1.19. The van der Waals surface area contributed by atoms with Crippen LogP contribution < -0.4 is 0 Å². The molecule has 0 aliphatic rings. The third-order valence-electron chi connectivity index (χ3n) is 1.48. The van der Waals surface area contributed by atoms with E-state index in [-0.39, 0.29) is 10.0 Å². The van der Waals surface area contributed by atoms with E-state index in [1.165, 1.54) is 18.2 Å². The van der Waals surface area contributed by atoms with Crippen molar-refractivity contribution in [2.75, 3.05) is 0 Å². The van der Waals surface area contributed by atoms with Crippen LogP contribution in [0.1, 0.15) is 5.56 Å². The molecule has 0 saturated carbocycles. The highest BCUT2D eigenvalue weighted by Crippen LogP contribution is 2.32. The lowest BCUT2D eigenvalue weighted by molar-refractivity contribution is 0.617. The van der Waals surface area contributed by atoms with E-state index in [1.54, 1.807) is 0 Å². The molecule has 82 valence electrons. The van der Waals surface area contributed by atoms with Crippen LogP contribution in [-0.4, -0.2) is 8.42 Å². The molecule has 1 aromatic rings. The number of rotatable bonds is 2. The molecule has 0 atom stereocenters. The van der Waals surface area contributed by atoms with Crippen molar-refractivity contribution in [1.82, 2.24) is 0 Å². The van der Waals surface area contributed by atoms with E-state index in [4.69, 9.17) is 45.5 Å². The van der Waals surface area contributed by atoms with E-state index < -0.39 is 9.05 Å². The molecule has 7 heteroatoms. The highest BCUT2D eigenvalue weighted by molar-refractivity contribution is 8.16. The average Bonchev–Trinajstić information content (AvgIpc) is 2.10. The normalized spacial score (nSPS) is 12.3. The summed E-state index contributed by atoms with van der Waals surface area (Å²) in [5, 5.41) is 1.55. The molecule has 0 fully saturated rings. The van der Waals surface area contributed by atoms with Gasteiger partial charge in [0.1, 0.15) is 0 Å². The number of hydrogen-bond acceptors (Lipinski definition) is 2. The molecule has 0 spiro atoms. The van der Waals surface area contributed by atoms with Crippen LogP contribution in [0.15, 0.2) is 17.5 Å². The van der Waals surface area contributed by atoms with Crippen molar-refractivity contribution in [3.8, 4) is 0 Å². The summed E-state index contributed by atoms with van der Waals surface area (Å²) >= 11 is 17.3. The van der Waals surface area contributed by atoms with Crippen molar-refractivity contribution in [3.63, 3.8) is 0 Å². The van der Waals surface area contributed by atoms with Crippen LogP contribution >= 0.6 is 45.5 Å². The monoisotopic (exact) mass is 304 g/mol. The Morgan fingerprint density at radius 1 is 1.07 bits per heavy atom. The third kappa shape index (κ3) is 3.85. The predicted octanol–water partition coefficient (Wildman–Crippen LogP) is 4.19. The third-order valence-corrected chi connectivity index (χ3v) is 3.39. The lowest BCUT2D eigenvalue weighted by Crippen LogP contribution is -1.83. The van der Waals surface area contributed by atoms with Crippen LogP contribution in [0.5, 0.6) is 0 Å². The zero-order valence-electron chi connectivity index (χ0n) is 7.05. The molecule has 0 aliphatic carbocycles. The van der Waals surface area contributed by atoms with Crippen LogP contribution in [-0.2, 0) is 9.05 Å². The molecule has 0 aromatic heterocycles. The lowest BCUT2D eigenvalue weighted by atomic mass is 10.2. The first-order chi connectivity index (χ1) is 6.81. The molecule has 0 saturated heterocycles. The summed E-state index contributed by atoms with van der Waals surface area (Å²) in [5.74, 6) is 0. The van der Waals surface area contributed by atoms with Crippen LogP contribution in [0.3, 0.4) is 0 Å². The van der Waals surface area contributed by atoms with E-state index in [0.717, 1.165) is 5.41 Å². The van der Waals surface area contributed by atoms with Gasteiger partial charge in [0.25, 0.3) is 9.05 Å². The number of benzene rings is 1. The van der Waals surface area contributed by atoms with Crippen LogP contribution in [0, 0.1) is 0 Å². The minimum Gasteiger partial charge on any atom is -0.208 e. The van der Waals surface area contributed by atoms with Gasteiger partial charge in [0, 0.05) is 26.7 Å². The Kier molecular flexibility index (Phi) is 4.32. The van der Waals surface area contributed by atoms with Crippen molar-refractivity contribution >= 4 is 60.6 Å². The Balaban J connectivity index is 3.27. The maximum atomic E-state index is 10.7. The van der Waals surface area contributed by atoms with Gasteiger partial charge in [-0.25, -0.2) is 8.42 Å². The van der Waals surface area contributed by atoms with Gasteiger partial charge in [-0.3, -0.25) is 0 Å². The Morgan fingerprint density at radius 3 is 2.13 bits per heavy atom. The summed E-state index contributed by atoms with van der Waals surface area (Å²) in [5.41, 5.74) is 0.315. The molecule has 0 aliphatic heterocycles. The average molecular weight is 306 g/mol. The van der Waals surface area contributed by atoms with Gasteiger partial charge in [-0.1, -0.05) is 34.8 Å². The minimum atomic E-state index is -3.74. The maximum absolute atomic E-state index is 10.7. The van der Waals surface area contributed by atoms with Gasteiger partial charge in [-0.05, 0) is 18.2 Å². The fourth-order valence-electron chi connectivity index (χ4n) is 0.845. The van der Waals surface area contributed by atoms with E-state index in [9.17, 15) is 8.42 Å². The van der Waals surface area contributed by atoms with Crippen molar-refractivity contribution in [2.45, 2.75) is 0 Å². The van der Waals surface area contributed by atoms with E-state index >= 15 is 0 Å². The van der Waals surface area contributed by atoms with E-state index in [1.807, 2.05) is 0 Å². The predicted molar refractivity (Wildman–Crippen MR) is 65.3 cm³/mol. The van der Waals surface area contributed by atoms with E-state index in [0.29, 0.717) is 10.6 Å². The summed E-state index contributed by atoms with van der Waals surface area (Å²) in [6, 6.07) is 3.02. The first-order valence-corrected chi connectivity index (χ1v) is 7.08. The lowest BCUT2D eigenvalue weighted by Gasteiger charge is -2.02. The molecule has 1 rings (SSSR count). The highest BCUT2D eigenvalue weighted by atomic mass is 35.7. The van der Waals surface area contributed by atoms with Gasteiger partial charge >= 0.3 is 0 Å². The topological polar surface area (TPSA) is 34.1 Å². The van der Waals surface area contributed by atoms with Crippen molar-refractivity contribution in [3.05, 3.63) is 38.2 Å². The molecule has 0 unspecified atom stereocenters. The van der Waals surface area contributed by atoms with Gasteiger partial charge in [-0.2, -0.15) is 0 Å². The Bertz CT molecular complexity index is 508. The Hall–Kier alpha value is 0.0700. The molecular weight excluding hydrogens is 302 g/mol. The molecule has 1 aromatic carbocycles. The van der Waals surface area contributed by atoms with Crippen molar-refractivity contribution in [2.24, 2.45) is 0 Å². The minimum absolute atomic E-state index is 0.181. The maximum Gasteiger partial charge on any atom is 0.254 e.